The van der Waals surface area contributed by atoms with E-state index in [2.05, 4.69) is 10.2 Å². The van der Waals surface area contributed by atoms with Crippen LogP contribution in [0.3, 0.4) is 0 Å². The summed E-state index contributed by atoms with van der Waals surface area (Å²) in [4.78, 5) is 10.4. The van der Waals surface area contributed by atoms with Crippen LogP contribution in [-0.2, 0) is 5.75 Å². The normalized spacial score (nSPS) is 10.5. The molecule has 0 amide bonds. The SMILES string of the molecule is O=[N+]([O-])c1cccc(CSc2ccc(-c3ccc(F)cc3)nn2)c1. The number of nitro groups is 1. The summed E-state index contributed by atoms with van der Waals surface area (Å²) in [5.74, 6) is 0.266. The minimum absolute atomic E-state index is 0.0749. The minimum Gasteiger partial charge on any atom is -0.258 e. The van der Waals surface area contributed by atoms with Crippen LogP contribution in [0.4, 0.5) is 10.1 Å². The van der Waals surface area contributed by atoms with E-state index in [0.717, 1.165) is 11.1 Å². The van der Waals surface area contributed by atoms with Crippen molar-refractivity contribution in [2.75, 3.05) is 0 Å². The van der Waals surface area contributed by atoms with Crippen LogP contribution in [0.2, 0.25) is 0 Å². The number of hydrogen-bond donors (Lipinski definition) is 0. The fraction of sp³-hybridized carbons (Fsp3) is 0.0588. The molecule has 0 saturated carbocycles. The van der Waals surface area contributed by atoms with E-state index < -0.39 is 4.92 Å². The van der Waals surface area contributed by atoms with Gasteiger partial charge in [0.05, 0.1) is 10.6 Å². The van der Waals surface area contributed by atoms with Crippen molar-refractivity contribution in [1.29, 1.82) is 0 Å². The van der Waals surface area contributed by atoms with Gasteiger partial charge in [-0.3, -0.25) is 10.1 Å². The molecule has 0 unspecified atom stereocenters. The summed E-state index contributed by atoms with van der Waals surface area (Å²) in [6.07, 6.45) is 0. The summed E-state index contributed by atoms with van der Waals surface area (Å²) in [5, 5.41) is 19.8. The molecule has 0 fully saturated rings. The lowest BCUT2D eigenvalue weighted by atomic mass is 10.1. The lowest BCUT2D eigenvalue weighted by molar-refractivity contribution is -0.384. The molecule has 0 atom stereocenters. The van der Waals surface area contributed by atoms with Gasteiger partial charge < -0.3 is 0 Å². The van der Waals surface area contributed by atoms with Gasteiger partial charge in [-0.2, -0.15) is 0 Å². The monoisotopic (exact) mass is 341 g/mol. The van der Waals surface area contributed by atoms with Gasteiger partial charge in [0.1, 0.15) is 10.8 Å². The summed E-state index contributed by atoms with van der Waals surface area (Å²) in [6.45, 7) is 0. The first-order valence-corrected chi connectivity index (χ1v) is 8.06. The van der Waals surface area contributed by atoms with Gasteiger partial charge in [0.15, 0.2) is 0 Å². The molecule has 120 valence electrons. The summed E-state index contributed by atoms with van der Waals surface area (Å²) < 4.78 is 12.9. The molecule has 24 heavy (non-hydrogen) atoms. The maximum atomic E-state index is 12.9. The maximum absolute atomic E-state index is 12.9. The van der Waals surface area contributed by atoms with Crippen molar-refractivity contribution < 1.29 is 9.31 Å². The van der Waals surface area contributed by atoms with Crippen molar-refractivity contribution in [3.63, 3.8) is 0 Å². The van der Waals surface area contributed by atoms with Gasteiger partial charge >= 0.3 is 0 Å². The highest BCUT2D eigenvalue weighted by atomic mass is 32.2. The minimum atomic E-state index is -0.411. The van der Waals surface area contributed by atoms with Crippen molar-refractivity contribution in [3.05, 3.63) is 82.2 Å². The Kier molecular flexibility index (Phi) is 4.81. The molecule has 0 aliphatic carbocycles. The molecule has 0 aliphatic heterocycles. The number of nitrogens with zero attached hydrogens (tertiary/aromatic N) is 3. The van der Waals surface area contributed by atoms with Crippen molar-refractivity contribution in [2.45, 2.75) is 10.8 Å². The summed E-state index contributed by atoms with van der Waals surface area (Å²) in [6, 6.07) is 16.2. The molecule has 0 aliphatic rings. The second-order valence-corrected chi connectivity index (χ2v) is 5.98. The lowest BCUT2D eigenvalue weighted by Crippen LogP contribution is -1.91. The Hall–Kier alpha value is -2.80. The molecule has 0 spiro atoms. The van der Waals surface area contributed by atoms with Crippen molar-refractivity contribution in [3.8, 4) is 11.3 Å². The molecule has 5 nitrogen and oxygen atoms in total. The van der Waals surface area contributed by atoms with E-state index in [1.807, 2.05) is 18.2 Å². The molecular weight excluding hydrogens is 329 g/mol. The highest BCUT2D eigenvalue weighted by Crippen LogP contribution is 2.24. The first-order chi connectivity index (χ1) is 11.6. The van der Waals surface area contributed by atoms with Gasteiger partial charge in [-0.25, -0.2) is 4.39 Å². The zero-order valence-corrected chi connectivity index (χ0v) is 13.2. The van der Waals surface area contributed by atoms with Crippen LogP contribution in [-0.4, -0.2) is 15.1 Å². The summed E-state index contributed by atoms with van der Waals surface area (Å²) in [5.41, 5.74) is 2.37. The number of aromatic nitrogens is 2. The van der Waals surface area contributed by atoms with Gasteiger partial charge in [-0.05, 0) is 42.0 Å². The maximum Gasteiger partial charge on any atom is 0.269 e. The van der Waals surface area contributed by atoms with E-state index in [1.165, 1.54) is 30.0 Å². The van der Waals surface area contributed by atoms with Crippen LogP contribution in [0.1, 0.15) is 5.56 Å². The quantitative estimate of drug-likeness (QED) is 0.389. The average Bonchev–Trinajstić information content (AvgIpc) is 2.61. The Bertz CT molecular complexity index is 854. The van der Waals surface area contributed by atoms with Crippen LogP contribution in [0.5, 0.6) is 0 Å². The van der Waals surface area contributed by atoms with E-state index >= 15 is 0 Å². The Labute approximate surface area is 141 Å². The molecule has 1 heterocycles. The Morgan fingerprint density at radius 3 is 2.50 bits per heavy atom. The summed E-state index contributed by atoms with van der Waals surface area (Å²) >= 11 is 1.44. The molecule has 0 N–H and O–H groups in total. The number of nitro benzene ring substituents is 1. The number of non-ortho nitro benzene ring substituents is 1. The molecule has 7 heteroatoms. The molecule has 3 aromatic rings. The molecule has 2 aromatic carbocycles. The standard InChI is InChI=1S/C17H12FN3O2S/c18-14-6-4-13(5-7-14)16-8-9-17(20-19-16)24-11-12-2-1-3-15(10-12)21(22)23/h1-10H,11H2. The van der Waals surface area contributed by atoms with Crippen LogP contribution < -0.4 is 0 Å². The third kappa shape index (κ3) is 3.94. The van der Waals surface area contributed by atoms with Gasteiger partial charge in [0, 0.05) is 23.4 Å². The highest BCUT2D eigenvalue weighted by Gasteiger charge is 2.07. The smallest absolute Gasteiger partial charge is 0.258 e. The Morgan fingerprint density at radius 1 is 1.04 bits per heavy atom. The van der Waals surface area contributed by atoms with Crippen molar-refractivity contribution >= 4 is 17.4 Å². The van der Waals surface area contributed by atoms with E-state index in [-0.39, 0.29) is 11.5 Å². The van der Waals surface area contributed by atoms with E-state index in [9.17, 15) is 14.5 Å². The number of benzene rings is 2. The predicted molar refractivity (Wildman–Crippen MR) is 90.1 cm³/mol. The zero-order chi connectivity index (χ0) is 16.9. The van der Waals surface area contributed by atoms with Crippen molar-refractivity contribution in [1.82, 2.24) is 10.2 Å². The number of thioether (sulfide) groups is 1. The van der Waals surface area contributed by atoms with Crippen LogP contribution >= 0.6 is 11.8 Å². The van der Waals surface area contributed by atoms with Crippen LogP contribution in [0.25, 0.3) is 11.3 Å². The van der Waals surface area contributed by atoms with Gasteiger partial charge in [0.25, 0.3) is 5.69 Å². The largest absolute Gasteiger partial charge is 0.269 e. The number of rotatable bonds is 5. The second-order valence-electron chi connectivity index (χ2n) is 4.98. The third-order valence-electron chi connectivity index (χ3n) is 3.29. The molecular formula is C17H12FN3O2S. The lowest BCUT2D eigenvalue weighted by Gasteiger charge is -2.03. The first kappa shape index (κ1) is 16.1. The fourth-order valence-electron chi connectivity index (χ4n) is 2.09. The fourth-order valence-corrected chi connectivity index (χ4v) is 2.85. The van der Waals surface area contributed by atoms with Crippen molar-refractivity contribution in [2.24, 2.45) is 0 Å². The molecule has 1 aromatic heterocycles. The second kappa shape index (κ2) is 7.18. The number of halogens is 1. The van der Waals surface area contributed by atoms with E-state index in [4.69, 9.17) is 0 Å². The van der Waals surface area contributed by atoms with Gasteiger partial charge in [-0.15, -0.1) is 10.2 Å². The Balaban J connectivity index is 1.67. The highest BCUT2D eigenvalue weighted by molar-refractivity contribution is 7.98. The molecule has 0 radical (unpaired) electrons. The van der Waals surface area contributed by atoms with Crippen LogP contribution in [0, 0.1) is 15.9 Å². The molecule has 3 rings (SSSR count). The van der Waals surface area contributed by atoms with Crippen LogP contribution in [0.15, 0.2) is 65.7 Å². The summed E-state index contributed by atoms with van der Waals surface area (Å²) in [7, 11) is 0. The first-order valence-electron chi connectivity index (χ1n) is 7.07. The van der Waals surface area contributed by atoms with E-state index in [1.54, 1.807) is 24.3 Å². The molecule has 0 bridgehead atoms. The predicted octanol–water partition coefficient (Wildman–Crippen LogP) is 4.48. The third-order valence-corrected chi connectivity index (χ3v) is 4.28. The Morgan fingerprint density at radius 2 is 1.83 bits per heavy atom. The zero-order valence-electron chi connectivity index (χ0n) is 12.4. The topological polar surface area (TPSA) is 68.9 Å². The van der Waals surface area contributed by atoms with Gasteiger partial charge in [0.2, 0.25) is 0 Å². The van der Waals surface area contributed by atoms with E-state index in [0.29, 0.717) is 16.5 Å². The average molecular weight is 341 g/mol. The molecule has 0 saturated heterocycles. The number of hydrogen-bond acceptors (Lipinski definition) is 5. The van der Waals surface area contributed by atoms with Gasteiger partial charge in [-0.1, -0.05) is 23.9 Å².